The molecule has 2 heterocycles. The molecule has 160 valence electrons. The first-order chi connectivity index (χ1) is 14.3. The van der Waals surface area contributed by atoms with Crippen molar-refractivity contribution < 1.29 is 18.4 Å². The molecule has 1 aromatic carbocycles. The van der Waals surface area contributed by atoms with Gasteiger partial charge in [0.15, 0.2) is 0 Å². The number of H-pyrrole nitrogens is 1. The lowest BCUT2D eigenvalue weighted by Crippen LogP contribution is -2.52. The van der Waals surface area contributed by atoms with Gasteiger partial charge in [-0.1, -0.05) is 11.6 Å². The standard InChI is InChI=1S/C20H22ClF2N5O2/c1-24-28(15-3-2-6-27(11-15)18(29)16-9-20(16,22)23)19(30)25-10-14-8-12-7-13(21)4-5-17(12)26-14/h4-5,7-8,15-16,26H,1-3,6,9-11H2,(H,25,30)/t15-,16?/m1/s1. The molecule has 4 rings (SSSR count). The van der Waals surface area contributed by atoms with Crippen molar-refractivity contribution >= 4 is 41.2 Å². The van der Waals surface area contributed by atoms with Crippen LogP contribution in [0.5, 0.6) is 0 Å². The molecule has 1 saturated heterocycles. The number of amides is 3. The Kier molecular flexibility index (Phi) is 5.40. The number of nitrogens with zero attached hydrogens (tertiary/aromatic N) is 3. The summed E-state index contributed by atoms with van der Waals surface area (Å²) < 4.78 is 26.5. The highest BCUT2D eigenvalue weighted by molar-refractivity contribution is 6.31. The zero-order valence-corrected chi connectivity index (χ0v) is 17.0. The summed E-state index contributed by atoms with van der Waals surface area (Å²) in [5, 5.41) is 9.36. The summed E-state index contributed by atoms with van der Waals surface area (Å²) in [6.07, 6.45) is 0.825. The van der Waals surface area contributed by atoms with Gasteiger partial charge in [-0.05, 0) is 37.1 Å². The first kappa shape index (κ1) is 20.6. The van der Waals surface area contributed by atoms with E-state index in [9.17, 15) is 18.4 Å². The zero-order chi connectivity index (χ0) is 21.5. The number of halogens is 3. The maximum absolute atomic E-state index is 13.3. The smallest absolute Gasteiger partial charge is 0.338 e. The molecule has 1 aliphatic heterocycles. The van der Waals surface area contributed by atoms with Crippen molar-refractivity contribution in [2.24, 2.45) is 11.0 Å². The summed E-state index contributed by atoms with van der Waals surface area (Å²) in [6.45, 7) is 4.28. The molecule has 2 aromatic rings. The van der Waals surface area contributed by atoms with Crippen LogP contribution in [0.3, 0.4) is 0 Å². The van der Waals surface area contributed by atoms with Gasteiger partial charge in [0.2, 0.25) is 5.91 Å². The van der Waals surface area contributed by atoms with Crippen molar-refractivity contribution in [2.75, 3.05) is 13.1 Å². The number of carbonyl (C=O) groups excluding carboxylic acids is 2. The summed E-state index contributed by atoms with van der Waals surface area (Å²) in [6, 6.07) is 6.49. The van der Waals surface area contributed by atoms with E-state index in [1.165, 1.54) is 9.91 Å². The Morgan fingerprint density at radius 2 is 2.17 bits per heavy atom. The average molecular weight is 438 g/mol. The van der Waals surface area contributed by atoms with Crippen molar-refractivity contribution in [1.29, 1.82) is 0 Å². The third-order valence-corrected chi connectivity index (χ3v) is 5.84. The minimum Gasteiger partial charge on any atom is -0.357 e. The van der Waals surface area contributed by atoms with Crippen molar-refractivity contribution in [3.63, 3.8) is 0 Å². The number of benzene rings is 1. The number of aromatic nitrogens is 1. The molecule has 7 nitrogen and oxygen atoms in total. The molecule has 1 saturated carbocycles. The van der Waals surface area contributed by atoms with Crippen LogP contribution in [0.1, 0.15) is 25.0 Å². The number of hydrogen-bond donors (Lipinski definition) is 2. The fourth-order valence-electron chi connectivity index (χ4n) is 3.91. The second kappa shape index (κ2) is 7.86. The Bertz CT molecular complexity index is 995. The first-order valence-corrected chi connectivity index (χ1v) is 10.1. The Balaban J connectivity index is 1.36. The number of hydrazone groups is 1. The molecular formula is C20H22ClF2N5O2. The lowest BCUT2D eigenvalue weighted by molar-refractivity contribution is -0.136. The normalized spacial score (nSPS) is 22.6. The molecule has 30 heavy (non-hydrogen) atoms. The molecule has 10 heteroatoms. The van der Waals surface area contributed by atoms with Crippen molar-refractivity contribution in [3.05, 3.63) is 35.0 Å². The molecule has 2 N–H and O–H groups in total. The molecule has 2 fully saturated rings. The van der Waals surface area contributed by atoms with Crippen molar-refractivity contribution in [3.8, 4) is 0 Å². The van der Waals surface area contributed by atoms with E-state index in [1.54, 1.807) is 6.07 Å². The SMILES string of the molecule is C=NN(C(=O)NCc1cc2cc(Cl)ccc2[nH]1)[C@@H]1CCCN(C(=O)C2CC2(F)F)C1. The molecule has 0 bridgehead atoms. The fourth-order valence-corrected chi connectivity index (χ4v) is 4.09. The molecule has 1 aromatic heterocycles. The number of aromatic amines is 1. The second-order valence-electron chi connectivity index (χ2n) is 7.77. The third-order valence-electron chi connectivity index (χ3n) is 5.61. The molecule has 1 unspecified atom stereocenters. The quantitative estimate of drug-likeness (QED) is 0.553. The summed E-state index contributed by atoms with van der Waals surface area (Å²) in [5.41, 5.74) is 1.70. The fraction of sp³-hybridized carbons (Fsp3) is 0.450. The van der Waals surface area contributed by atoms with Gasteiger partial charge < -0.3 is 15.2 Å². The average Bonchev–Trinajstić information content (AvgIpc) is 3.17. The van der Waals surface area contributed by atoms with Gasteiger partial charge >= 0.3 is 6.03 Å². The van der Waals surface area contributed by atoms with Crippen LogP contribution < -0.4 is 5.32 Å². The van der Waals surface area contributed by atoms with Crippen LogP contribution in [0, 0.1) is 5.92 Å². The molecular weight excluding hydrogens is 416 g/mol. The number of nitrogens with one attached hydrogen (secondary N) is 2. The highest BCUT2D eigenvalue weighted by atomic mass is 35.5. The van der Waals surface area contributed by atoms with Gasteiger partial charge in [-0.3, -0.25) is 4.79 Å². The monoisotopic (exact) mass is 437 g/mol. The highest BCUT2D eigenvalue weighted by Crippen LogP contribution is 2.49. The summed E-state index contributed by atoms with van der Waals surface area (Å²) in [4.78, 5) is 29.6. The van der Waals surface area contributed by atoms with E-state index >= 15 is 0 Å². The summed E-state index contributed by atoms with van der Waals surface area (Å²) in [7, 11) is 0. The number of carbonyl (C=O) groups is 2. The minimum atomic E-state index is -2.90. The Morgan fingerprint density at radius 1 is 1.40 bits per heavy atom. The van der Waals surface area contributed by atoms with Gasteiger partial charge in [-0.2, -0.15) is 5.10 Å². The maximum Gasteiger partial charge on any atom is 0.338 e. The number of rotatable bonds is 5. The molecule has 3 amide bonds. The summed E-state index contributed by atoms with van der Waals surface area (Å²) >= 11 is 6.00. The molecule has 2 atom stereocenters. The number of likely N-dealkylation sites (tertiary alicyclic amines) is 1. The van der Waals surface area contributed by atoms with E-state index in [0.29, 0.717) is 24.4 Å². The van der Waals surface area contributed by atoms with E-state index < -0.39 is 36.2 Å². The van der Waals surface area contributed by atoms with Crippen molar-refractivity contribution in [1.82, 2.24) is 20.2 Å². The molecule has 0 spiro atoms. The van der Waals surface area contributed by atoms with E-state index in [4.69, 9.17) is 11.6 Å². The van der Waals surface area contributed by atoms with Gasteiger partial charge in [0, 0.05) is 47.8 Å². The van der Waals surface area contributed by atoms with Crippen LogP contribution in [0.25, 0.3) is 10.9 Å². The minimum absolute atomic E-state index is 0.169. The predicted molar refractivity (Wildman–Crippen MR) is 110 cm³/mol. The van der Waals surface area contributed by atoms with Gasteiger partial charge in [0.25, 0.3) is 5.92 Å². The number of alkyl halides is 2. The lowest BCUT2D eigenvalue weighted by atomic mass is 10.0. The largest absolute Gasteiger partial charge is 0.357 e. The lowest BCUT2D eigenvalue weighted by Gasteiger charge is -2.36. The zero-order valence-electron chi connectivity index (χ0n) is 16.2. The first-order valence-electron chi connectivity index (χ1n) is 9.76. The van der Waals surface area contributed by atoms with Crippen LogP contribution >= 0.6 is 11.6 Å². The van der Waals surface area contributed by atoms with E-state index in [2.05, 4.69) is 22.1 Å². The van der Waals surface area contributed by atoms with Crippen LogP contribution in [0.15, 0.2) is 29.4 Å². The Hall–Kier alpha value is -2.68. The van der Waals surface area contributed by atoms with Gasteiger partial charge in [0.05, 0.1) is 12.6 Å². The number of piperidine rings is 1. The number of hydrogen-bond acceptors (Lipinski definition) is 3. The predicted octanol–water partition coefficient (Wildman–Crippen LogP) is 3.59. The van der Waals surface area contributed by atoms with E-state index in [-0.39, 0.29) is 13.1 Å². The van der Waals surface area contributed by atoms with Gasteiger partial charge in [-0.25, -0.2) is 18.6 Å². The molecule has 1 aliphatic carbocycles. The van der Waals surface area contributed by atoms with Crippen LogP contribution in [0.4, 0.5) is 13.6 Å². The number of urea groups is 1. The van der Waals surface area contributed by atoms with E-state index in [1.807, 2.05) is 18.2 Å². The van der Waals surface area contributed by atoms with Crippen LogP contribution in [-0.2, 0) is 11.3 Å². The Morgan fingerprint density at radius 3 is 2.87 bits per heavy atom. The summed E-state index contributed by atoms with van der Waals surface area (Å²) in [5.74, 6) is -4.68. The second-order valence-corrected chi connectivity index (χ2v) is 8.21. The van der Waals surface area contributed by atoms with Crippen LogP contribution in [0.2, 0.25) is 5.02 Å². The van der Waals surface area contributed by atoms with Gasteiger partial charge in [-0.15, -0.1) is 0 Å². The third kappa shape index (κ3) is 4.12. The maximum atomic E-state index is 13.3. The number of fused-ring (bicyclic) bond motifs is 1. The van der Waals surface area contributed by atoms with Crippen molar-refractivity contribution in [2.45, 2.75) is 37.8 Å². The topological polar surface area (TPSA) is 80.8 Å². The van der Waals surface area contributed by atoms with Crippen LogP contribution in [-0.4, -0.2) is 58.6 Å². The highest BCUT2D eigenvalue weighted by Gasteiger charge is 2.62. The molecule has 0 radical (unpaired) electrons. The van der Waals surface area contributed by atoms with E-state index in [0.717, 1.165) is 16.6 Å². The molecule has 2 aliphatic rings. The van der Waals surface area contributed by atoms with Gasteiger partial charge in [0.1, 0.15) is 5.92 Å². The Labute approximate surface area is 177 Å².